The van der Waals surface area contributed by atoms with Gasteiger partial charge in [-0.15, -0.1) is 11.3 Å². The van der Waals surface area contributed by atoms with Crippen molar-refractivity contribution in [3.63, 3.8) is 0 Å². The molecule has 202 valence electrons. The van der Waals surface area contributed by atoms with E-state index in [1.807, 2.05) is 44.2 Å². The van der Waals surface area contributed by atoms with Crippen LogP contribution in [0.2, 0.25) is 0 Å². The van der Waals surface area contributed by atoms with Crippen LogP contribution in [-0.4, -0.2) is 39.2 Å². The summed E-state index contributed by atoms with van der Waals surface area (Å²) in [4.78, 5) is 56.1. The molecule has 4 aromatic rings. The minimum atomic E-state index is -0.586. The predicted molar refractivity (Wildman–Crippen MR) is 152 cm³/mol. The van der Waals surface area contributed by atoms with Crippen LogP contribution in [0.1, 0.15) is 35.4 Å². The Balaban J connectivity index is 1.64. The van der Waals surface area contributed by atoms with Gasteiger partial charge in [0.2, 0.25) is 5.91 Å². The number of benzene rings is 2. The third kappa shape index (κ3) is 4.99. The number of anilines is 1. The van der Waals surface area contributed by atoms with Crippen molar-refractivity contribution in [1.29, 1.82) is 0 Å². The lowest BCUT2D eigenvalue weighted by Crippen LogP contribution is -2.41. The van der Waals surface area contributed by atoms with Gasteiger partial charge in [-0.2, -0.15) is 0 Å². The molecule has 0 radical (unpaired) electrons. The fourth-order valence-corrected chi connectivity index (χ4v) is 6.22. The van der Waals surface area contributed by atoms with E-state index < -0.39 is 17.3 Å². The molecule has 5 rings (SSSR count). The van der Waals surface area contributed by atoms with E-state index in [1.165, 1.54) is 15.9 Å². The Bertz CT molecular complexity index is 1680. The van der Waals surface area contributed by atoms with Crippen molar-refractivity contribution in [3.05, 3.63) is 90.9 Å². The van der Waals surface area contributed by atoms with Crippen LogP contribution in [0.15, 0.2) is 58.1 Å². The third-order valence-electron chi connectivity index (χ3n) is 6.97. The number of carbonyl (C=O) groups excluding carboxylic acids is 2. The van der Waals surface area contributed by atoms with Gasteiger partial charge >= 0.3 is 11.8 Å². The smallest absolute Gasteiger partial charge is 0.410 e. The SMILES string of the molecule is CCOC(=O)N1CCc2c(sc3c2c(=O)n(-c2ccc(CC)cc2)c(=O)n3CC(=O)Nc2ccccc2C)C1. The number of ether oxygens (including phenoxy) is 1. The van der Waals surface area contributed by atoms with Crippen LogP contribution in [-0.2, 0) is 35.5 Å². The van der Waals surface area contributed by atoms with Crippen molar-refractivity contribution in [2.75, 3.05) is 18.5 Å². The van der Waals surface area contributed by atoms with Crippen LogP contribution in [0.3, 0.4) is 0 Å². The highest BCUT2D eigenvalue weighted by Crippen LogP contribution is 2.33. The maximum absolute atomic E-state index is 13.9. The number of hydrogen-bond acceptors (Lipinski definition) is 6. The first-order valence-electron chi connectivity index (χ1n) is 13.0. The molecule has 10 heteroatoms. The van der Waals surface area contributed by atoms with Gasteiger partial charge < -0.3 is 15.0 Å². The molecule has 1 aliphatic rings. The van der Waals surface area contributed by atoms with Crippen LogP contribution < -0.4 is 16.6 Å². The fourth-order valence-electron chi connectivity index (χ4n) is 4.87. The van der Waals surface area contributed by atoms with E-state index in [4.69, 9.17) is 4.74 Å². The average molecular weight is 547 g/mol. The first-order valence-corrected chi connectivity index (χ1v) is 13.8. The predicted octanol–water partition coefficient (Wildman–Crippen LogP) is 4.24. The highest BCUT2D eigenvalue weighted by atomic mass is 32.1. The van der Waals surface area contributed by atoms with Gasteiger partial charge in [-0.3, -0.25) is 14.2 Å². The number of aromatic nitrogens is 2. The van der Waals surface area contributed by atoms with Crippen molar-refractivity contribution in [2.45, 2.75) is 46.7 Å². The summed E-state index contributed by atoms with van der Waals surface area (Å²) >= 11 is 1.28. The van der Waals surface area contributed by atoms with Gasteiger partial charge in [0.25, 0.3) is 5.56 Å². The largest absolute Gasteiger partial charge is 0.450 e. The molecule has 9 nitrogen and oxygen atoms in total. The van der Waals surface area contributed by atoms with E-state index in [0.29, 0.717) is 34.6 Å². The first-order chi connectivity index (χ1) is 18.8. The van der Waals surface area contributed by atoms with Crippen molar-refractivity contribution in [2.24, 2.45) is 0 Å². The summed E-state index contributed by atoms with van der Waals surface area (Å²) in [5.74, 6) is -0.376. The minimum Gasteiger partial charge on any atom is -0.450 e. The molecule has 0 saturated carbocycles. The zero-order chi connectivity index (χ0) is 27.7. The molecule has 39 heavy (non-hydrogen) atoms. The molecule has 0 atom stereocenters. The number of fused-ring (bicyclic) bond motifs is 3. The zero-order valence-electron chi connectivity index (χ0n) is 22.2. The van der Waals surface area contributed by atoms with Gasteiger partial charge in [-0.1, -0.05) is 37.3 Å². The number of aryl methyl sites for hydroxylation is 2. The van der Waals surface area contributed by atoms with Crippen LogP contribution >= 0.6 is 11.3 Å². The number of rotatable bonds is 6. The van der Waals surface area contributed by atoms with Gasteiger partial charge in [0.15, 0.2) is 0 Å². The Hall–Kier alpha value is -4.18. The highest BCUT2D eigenvalue weighted by molar-refractivity contribution is 7.18. The number of amides is 2. The normalized spacial score (nSPS) is 12.8. The maximum Gasteiger partial charge on any atom is 0.410 e. The van der Waals surface area contributed by atoms with E-state index in [0.717, 1.165) is 32.6 Å². The van der Waals surface area contributed by atoms with Gasteiger partial charge in [0.05, 0.1) is 24.2 Å². The lowest BCUT2D eigenvalue weighted by atomic mass is 10.1. The Morgan fingerprint density at radius 3 is 2.49 bits per heavy atom. The second-order valence-corrected chi connectivity index (χ2v) is 10.5. The second kappa shape index (κ2) is 10.9. The summed E-state index contributed by atoms with van der Waals surface area (Å²) in [6.07, 6.45) is 0.863. The average Bonchev–Trinajstić information content (AvgIpc) is 3.32. The van der Waals surface area contributed by atoms with E-state index >= 15 is 0 Å². The van der Waals surface area contributed by atoms with E-state index in [9.17, 15) is 19.2 Å². The monoisotopic (exact) mass is 546 g/mol. The van der Waals surface area contributed by atoms with Gasteiger partial charge in [0, 0.05) is 17.1 Å². The third-order valence-corrected chi connectivity index (χ3v) is 8.21. The van der Waals surface area contributed by atoms with Crippen molar-refractivity contribution in [1.82, 2.24) is 14.0 Å². The molecule has 1 N–H and O–H groups in total. The standard InChI is InChI=1S/C29H30N4O5S/c1-4-19-10-12-20(13-11-19)33-26(35)25-21-14-15-31(29(37)38-5-2)16-23(21)39-27(25)32(28(33)36)17-24(34)30-22-9-7-6-8-18(22)3/h6-13H,4-5,14-17H2,1-3H3,(H,30,34). The molecule has 2 amide bonds. The highest BCUT2D eigenvalue weighted by Gasteiger charge is 2.29. The van der Waals surface area contributed by atoms with Crippen LogP contribution in [0.25, 0.3) is 15.9 Å². The number of carbonyl (C=O) groups is 2. The second-order valence-electron chi connectivity index (χ2n) is 9.45. The number of thiophene rings is 1. The van der Waals surface area contributed by atoms with Crippen LogP contribution in [0, 0.1) is 6.92 Å². The molecule has 0 spiro atoms. The number of nitrogens with zero attached hydrogens (tertiary/aromatic N) is 3. The first kappa shape index (κ1) is 26.4. The van der Waals surface area contributed by atoms with Gasteiger partial charge in [-0.25, -0.2) is 14.2 Å². The molecule has 2 aromatic carbocycles. The zero-order valence-corrected chi connectivity index (χ0v) is 23.0. The van der Waals surface area contributed by atoms with Crippen LogP contribution in [0.4, 0.5) is 10.5 Å². The number of nitrogens with one attached hydrogen (secondary N) is 1. The fraction of sp³-hybridized carbons (Fsp3) is 0.310. The summed E-state index contributed by atoms with van der Waals surface area (Å²) in [6, 6.07) is 14.7. The summed E-state index contributed by atoms with van der Waals surface area (Å²) in [5.41, 5.74) is 2.89. The van der Waals surface area contributed by atoms with Crippen molar-refractivity contribution in [3.8, 4) is 5.69 Å². The molecule has 1 aliphatic heterocycles. The summed E-state index contributed by atoms with van der Waals surface area (Å²) in [6.45, 7) is 6.36. The Kier molecular flexibility index (Phi) is 7.38. The number of hydrogen-bond donors (Lipinski definition) is 1. The van der Waals surface area contributed by atoms with E-state index in [1.54, 1.807) is 30.0 Å². The van der Waals surface area contributed by atoms with E-state index in [-0.39, 0.29) is 25.6 Å². The molecular formula is C29H30N4O5S. The Labute approximate surface area is 229 Å². The molecule has 0 bridgehead atoms. The molecule has 0 aliphatic carbocycles. The maximum atomic E-state index is 13.9. The summed E-state index contributed by atoms with van der Waals surface area (Å²) < 4.78 is 7.69. The molecule has 0 fully saturated rings. The topological polar surface area (TPSA) is 103 Å². The lowest BCUT2D eigenvalue weighted by Gasteiger charge is -2.25. The summed E-state index contributed by atoms with van der Waals surface area (Å²) in [7, 11) is 0. The van der Waals surface area contributed by atoms with Crippen molar-refractivity contribution < 1.29 is 14.3 Å². The minimum absolute atomic E-state index is 0.266. The van der Waals surface area contributed by atoms with Crippen molar-refractivity contribution >= 4 is 39.2 Å². The van der Waals surface area contributed by atoms with E-state index in [2.05, 4.69) is 5.32 Å². The van der Waals surface area contributed by atoms with Crippen LogP contribution in [0.5, 0.6) is 0 Å². The molecule has 0 saturated heterocycles. The lowest BCUT2D eigenvalue weighted by molar-refractivity contribution is -0.116. The molecule has 3 heterocycles. The summed E-state index contributed by atoms with van der Waals surface area (Å²) in [5, 5.41) is 3.30. The Morgan fingerprint density at radius 1 is 1.05 bits per heavy atom. The van der Waals surface area contributed by atoms with Gasteiger partial charge in [-0.05, 0) is 61.6 Å². The quantitative estimate of drug-likeness (QED) is 0.390. The molecular weight excluding hydrogens is 516 g/mol. The molecule has 0 unspecified atom stereocenters. The Morgan fingerprint density at radius 2 is 1.79 bits per heavy atom. The number of para-hydroxylation sites is 1. The molecule has 2 aromatic heterocycles. The van der Waals surface area contributed by atoms with Gasteiger partial charge in [0.1, 0.15) is 11.4 Å².